The van der Waals surface area contributed by atoms with Gasteiger partial charge in [0.2, 0.25) is 10.0 Å². The number of hydrogen-bond acceptors (Lipinski definition) is 5. The molecule has 5 rings (SSSR count). The highest BCUT2D eigenvalue weighted by atomic mass is 32.2. The van der Waals surface area contributed by atoms with Gasteiger partial charge in [0.15, 0.2) is 0 Å². The molecule has 3 heterocycles. The van der Waals surface area contributed by atoms with Crippen LogP contribution in [-0.4, -0.2) is 40.9 Å². The van der Waals surface area contributed by atoms with Gasteiger partial charge < -0.3 is 14.8 Å². The van der Waals surface area contributed by atoms with Gasteiger partial charge in [-0.15, -0.1) is 0 Å². The summed E-state index contributed by atoms with van der Waals surface area (Å²) in [4.78, 5) is 7.41. The number of hydrogen-bond donors (Lipinski definition) is 2. The Morgan fingerprint density at radius 3 is 2.69 bits per heavy atom. The molecule has 1 aliphatic heterocycles. The molecule has 0 saturated carbocycles. The summed E-state index contributed by atoms with van der Waals surface area (Å²) in [6.45, 7) is 0.145. The summed E-state index contributed by atoms with van der Waals surface area (Å²) in [5, 5.41) is 12.3. The molecule has 0 spiro atoms. The van der Waals surface area contributed by atoms with Crippen LogP contribution in [0, 0.1) is 0 Å². The minimum atomic E-state index is -3.81. The minimum absolute atomic E-state index is 0.145. The van der Waals surface area contributed by atoms with E-state index in [2.05, 4.69) is 9.97 Å². The topological polar surface area (TPSA) is 95.5 Å². The second-order valence-electron chi connectivity index (χ2n) is 7.89. The van der Waals surface area contributed by atoms with E-state index in [9.17, 15) is 13.5 Å². The van der Waals surface area contributed by atoms with Crippen LogP contribution in [0.15, 0.2) is 78.1 Å². The van der Waals surface area contributed by atoms with Crippen LogP contribution in [0.1, 0.15) is 22.8 Å². The number of benzene rings is 2. The lowest BCUT2D eigenvalue weighted by atomic mass is 9.95. The number of nitrogens with zero attached hydrogens (tertiary/aromatic N) is 2. The summed E-state index contributed by atoms with van der Waals surface area (Å²) in [7, 11) is -2.20. The van der Waals surface area contributed by atoms with Gasteiger partial charge >= 0.3 is 0 Å². The quantitative estimate of drug-likeness (QED) is 0.487. The van der Waals surface area contributed by atoms with Gasteiger partial charge in [0.1, 0.15) is 5.75 Å². The first-order valence-electron chi connectivity index (χ1n) is 10.3. The zero-order valence-electron chi connectivity index (χ0n) is 17.5. The van der Waals surface area contributed by atoms with Crippen LogP contribution in [0.3, 0.4) is 0 Å². The monoisotopic (exact) mass is 449 g/mol. The summed E-state index contributed by atoms with van der Waals surface area (Å²) in [6.07, 6.45) is 4.52. The van der Waals surface area contributed by atoms with Crippen LogP contribution >= 0.6 is 0 Å². The largest absolute Gasteiger partial charge is 0.497 e. The first kappa shape index (κ1) is 20.7. The molecule has 8 heteroatoms. The number of aromatic amines is 1. The zero-order valence-corrected chi connectivity index (χ0v) is 18.3. The third kappa shape index (κ3) is 3.46. The fourth-order valence-electron chi connectivity index (χ4n) is 4.39. The second kappa shape index (κ2) is 8.05. The second-order valence-corrected chi connectivity index (χ2v) is 9.74. The lowest BCUT2D eigenvalue weighted by molar-refractivity contribution is 0.0771. The zero-order chi connectivity index (χ0) is 22.3. The van der Waals surface area contributed by atoms with Gasteiger partial charge in [-0.2, -0.15) is 4.31 Å². The molecule has 0 saturated heterocycles. The van der Waals surface area contributed by atoms with Crippen molar-refractivity contribution in [1.82, 2.24) is 14.3 Å². The van der Waals surface area contributed by atoms with Gasteiger partial charge in [0.05, 0.1) is 24.2 Å². The summed E-state index contributed by atoms with van der Waals surface area (Å²) in [5.74, 6) is 0.717. The van der Waals surface area contributed by atoms with Crippen molar-refractivity contribution in [3.63, 3.8) is 0 Å². The Bertz CT molecular complexity index is 1370. The first-order valence-corrected chi connectivity index (χ1v) is 11.7. The van der Waals surface area contributed by atoms with Gasteiger partial charge in [-0.05, 0) is 53.9 Å². The van der Waals surface area contributed by atoms with Crippen molar-refractivity contribution in [2.75, 3.05) is 7.11 Å². The molecule has 2 aromatic carbocycles. The summed E-state index contributed by atoms with van der Waals surface area (Å²) in [6, 6.07) is 15.3. The van der Waals surface area contributed by atoms with Crippen molar-refractivity contribution < 1.29 is 18.3 Å². The number of pyridine rings is 1. The molecule has 32 heavy (non-hydrogen) atoms. The predicted molar refractivity (Wildman–Crippen MR) is 121 cm³/mol. The number of aliphatic hydroxyl groups is 1. The van der Waals surface area contributed by atoms with E-state index in [1.807, 2.05) is 24.4 Å². The Kier molecular flexibility index (Phi) is 5.21. The number of nitrogens with one attached hydrogen (secondary N) is 1. The van der Waals surface area contributed by atoms with Crippen molar-refractivity contribution >= 4 is 20.9 Å². The molecule has 0 fully saturated rings. The smallest absolute Gasteiger partial charge is 0.244 e. The Hall–Kier alpha value is -3.20. The van der Waals surface area contributed by atoms with Crippen LogP contribution in [0.5, 0.6) is 5.75 Å². The number of H-pyrrole nitrogens is 1. The summed E-state index contributed by atoms with van der Waals surface area (Å²) in [5.41, 5.74) is 3.08. The fourth-order valence-corrected chi connectivity index (χ4v) is 6.25. The van der Waals surface area contributed by atoms with Crippen LogP contribution < -0.4 is 4.74 Å². The molecule has 0 aliphatic carbocycles. The maximum absolute atomic E-state index is 13.6. The molecule has 1 aliphatic rings. The Balaban J connectivity index is 1.61. The van der Waals surface area contributed by atoms with Crippen LogP contribution in [-0.2, 0) is 23.0 Å². The molecule has 0 radical (unpaired) electrons. The normalized spacial score (nSPS) is 20.2. The van der Waals surface area contributed by atoms with Crippen molar-refractivity contribution in [2.45, 2.75) is 30.0 Å². The third-order valence-corrected chi connectivity index (χ3v) is 8.00. The van der Waals surface area contributed by atoms with E-state index in [-0.39, 0.29) is 11.4 Å². The molecule has 2 atom stereocenters. The number of aliphatic hydroxyl groups excluding tert-OH is 1. The van der Waals surface area contributed by atoms with E-state index in [0.717, 1.165) is 22.0 Å². The van der Waals surface area contributed by atoms with E-state index in [1.165, 1.54) is 4.31 Å². The average molecular weight is 450 g/mol. The molecule has 2 N–H and O–H groups in total. The highest BCUT2D eigenvalue weighted by Gasteiger charge is 2.43. The van der Waals surface area contributed by atoms with Gasteiger partial charge in [-0.3, -0.25) is 4.98 Å². The highest BCUT2D eigenvalue weighted by molar-refractivity contribution is 7.89. The SMILES string of the molecule is COc1ccc2[nH]cc(C[C@H]3[C@@H](O)c4ccccc4S(=O)(=O)N3Cc3ccncc3)c2c1. The van der Waals surface area contributed by atoms with E-state index in [0.29, 0.717) is 17.7 Å². The Labute approximate surface area is 186 Å². The molecule has 4 aromatic rings. The molecular weight excluding hydrogens is 426 g/mol. The number of ether oxygens (including phenoxy) is 1. The number of sulfonamides is 1. The minimum Gasteiger partial charge on any atom is -0.497 e. The summed E-state index contributed by atoms with van der Waals surface area (Å²) >= 11 is 0. The predicted octanol–water partition coefficient (Wildman–Crippen LogP) is 3.42. The van der Waals surface area contributed by atoms with E-state index < -0.39 is 22.2 Å². The van der Waals surface area contributed by atoms with Crippen LogP contribution in [0.2, 0.25) is 0 Å². The fraction of sp³-hybridized carbons (Fsp3) is 0.208. The van der Waals surface area contributed by atoms with Crippen LogP contribution in [0.4, 0.5) is 0 Å². The van der Waals surface area contributed by atoms with E-state index in [1.54, 1.807) is 55.9 Å². The molecule has 0 bridgehead atoms. The maximum Gasteiger partial charge on any atom is 0.244 e. The number of rotatable bonds is 5. The molecule has 7 nitrogen and oxygen atoms in total. The number of methoxy groups -OCH3 is 1. The average Bonchev–Trinajstić information content (AvgIpc) is 3.22. The van der Waals surface area contributed by atoms with Crippen molar-refractivity contribution in [2.24, 2.45) is 0 Å². The van der Waals surface area contributed by atoms with Crippen molar-refractivity contribution in [3.8, 4) is 5.75 Å². The van der Waals surface area contributed by atoms with Crippen molar-refractivity contribution in [1.29, 1.82) is 0 Å². The van der Waals surface area contributed by atoms with Crippen LogP contribution in [0.25, 0.3) is 10.9 Å². The van der Waals surface area contributed by atoms with Gasteiger partial charge in [-0.25, -0.2) is 8.42 Å². The summed E-state index contributed by atoms with van der Waals surface area (Å²) < 4.78 is 34.0. The molecule has 0 unspecified atom stereocenters. The third-order valence-electron chi connectivity index (χ3n) is 6.05. The molecular formula is C24H23N3O4S. The van der Waals surface area contributed by atoms with Gasteiger partial charge in [0, 0.05) is 41.6 Å². The molecule has 0 amide bonds. The molecule has 164 valence electrons. The number of aromatic nitrogens is 2. The Morgan fingerprint density at radius 1 is 1.12 bits per heavy atom. The van der Waals surface area contributed by atoms with E-state index >= 15 is 0 Å². The first-order chi connectivity index (χ1) is 15.5. The molecule has 2 aromatic heterocycles. The van der Waals surface area contributed by atoms with Crippen molar-refractivity contribution in [3.05, 3.63) is 89.9 Å². The standard InChI is InChI=1S/C24H23N3O4S/c1-31-18-6-7-21-20(13-18)17(14-26-21)12-22-24(28)19-4-2-3-5-23(19)32(29,30)27(22)15-16-8-10-25-11-9-16/h2-11,13-14,22,24,26,28H,12,15H2,1H3/t22-,24-/m0/s1. The highest BCUT2D eigenvalue weighted by Crippen LogP contribution is 2.39. The van der Waals surface area contributed by atoms with Gasteiger partial charge in [0.25, 0.3) is 0 Å². The Morgan fingerprint density at radius 2 is 1.91 bits per heavy atom. The lowest BCUT2D eigenvalue weighted by Crippen LogP contribution is -2.48. The number of fused-ring (bicyclic) bond motifs is 2. The van der Waals surface area contributed by atoms with E-state index in [4.69, 9.17) is 4.74 Å². The van der Waals surface area contributed by atoms with Gasteiger partial charge in [-0.1, -0.05) is 18.2 Å². The maximum atomic E-state index is 13.6. The lowest BCUT2D eigenvalue weighted by Gasteiger charge is -2.39.